The van der Waals surface area contributed by atoms with Crippen LogP contribution in [0.4, 0.5) is 13.2 Å². The fraction of sp³-hybridized carbons (Fsp3) is 0.0714. The van der Waals surface area contributed by atoms with E-state index in [9.17, 15) is 13.2 Å². The first-order valence-corrected chi connectivity index (χ1v) is 6.32. The predicted octanol–water partition coefficient (Wildman–Crippen LogP) is 4.18. The van der Waals surface area contributed by atoms with Gasteiger partial charge in [0.05, 0.1) is 22.6 Å². The van der Waals surface area contributed by atoms with Crippen LogP contribution in [0.5, 0.6) is 0 Å². The standard InChI is InChI=1S/C14H8ClF3N2/c15-7-14-19-11-3-1-9(17)6-13(11)20(14)12-4-2-8(16)5-10(12)18/h1-6H,7H2. The van der Waals surface area contributed by atoms with Crippen LogP contribution in [-0.4, -0.2) is 9.55 Å². The monoisotopic (exact) mass is 296 g/mol. The molecule has 0 aliphatic heterocycles. The van der Waals surface area contributed by atoms with E-state index in [1.165, 1.54) is 28.8 Å². The largest absolute Gasteiger partial charge is 0.292 e. The Labute approximate surface area is 117 Å². The lowest BCUT2D eigenvalue weighted by molar-refractivity contribution is 0.577. The van der Waals surface area contributed by atoms with Crippen molar-refractivity contribution in [1.29, 1.82) is 0 Å². The smallest absolute Gasteiger partial charge is 0.150 e. The fourth-order valence-electron chi connectivity index (χ4n) is 2.12. The van der Waals surface area contributed by atoms with Crippen LogP contribution in [0.2, 0.25) is 0 Å². The molecule has 0 aliphatic rings. The molecule has 6 heteroatoms. The van der Waals surface area contributed by atoms with Crippen molar-refractivity contribution in [2.45, 2.75) is 5.88 Å². The quantitative estimate of drug-likeness (QED) is 0.649. The van der Waals surface area contributed by atoms with Gasteiger partial charge in [-0.1, -0.05) is 0 Å². The summed E-state index contributed by atoms with van der Waals surface area (Å²) < 4.78 is 41.7. The number of benzene rings is 2. The molecule has 0 amide bonds. The van der Waals surface area contributed by atoms with Crippen molar-refractivity contribution in [3.8, 4) is 5.69 Å². The molecule has 0 fully saturated rings. The third-order valence-electron chi connectivity index (χ3n) is 2.96. The van der Waals surface area contributed by atoms with Gasteiger partial charge in [0, 0.05) is 12.1 Å². The highest BCUT2D eigenvalue weighted by Gasteiger charge is 2.15. The van der Waals surface area contributed by atoms with Crippen LogP contribution in [0.1, 0.15) is 5.82 Å². The molecule has 0 saturated carbocycles. The van der Waals surface area contributed by atoms with Gasteiger partial charge in [0.15, 0.2) is 0 Å². The van der Waals surface area contributed by atoms with Crippen molar-refractivity contribution in [1.82, 2.24) is 9.55 Å². The summed E-state index contributed by atoms with van der Waals surface area (Å²) in [5.74, 6) is -1.54. The van der Waals surface area contributed by atoms with Gasteiger partial charge >= 0.3 is 0 Å². The molecule has 0 atom stereocenters. The maximum atomic E-state index is 13.9. The van der Waals surface area contributed by atoms with Crippen LogP contribution in [0.25, 0.3) is 16.7 Å². The Morgan fingerprint density at radius 3 is 2.40 bits per heavy atom. The second kappa shape index (κ2) is 4.83. The van der Waals surface area contributed by atoms with E-state index in [0.717, 1.165) is 12.1 Å². The minimum atomic E-state index is -0.764. The van der Waals surface area contributed by atoms with Crippen LogP contribution in [0.15, 0.2) is 36.4 Å². The molecule has 0 unspecified atom stereocenters. The number of alkyl halides is 1. The number of fused-ring (bicyclic) bond motifs is 1. The van der Waals surface area contributed by atoms with E-state index in [-0.39, 0.29) is 11.6 Å². The Morgan fingerprint density at radius 2 is 1.70 bits per heavy atom. The van der Waals surface area contributed by atoms with Gasteiger partial charge in [0.1, 0.15) is 23.3 Å². The average molecular weight is 297 g/mol. The molecule has 1 heterocycles. The molecule has 0 saturated heterocycles. The summed E-state index contributed by atoms with van der Waals surface area (Å²) in [6.07, 6.45) is 0. The van der Waals surface area contributed by atoms with Gasteiger partial charge in [-0.3, -0.25) is 4.57 Å². The lowest BCUT2D eigenvalue weighted by Gasteiger charge is -2.09. The van der Waals surface area contributed by atoms with Crippen LogP contribution >= 0.6 is 11.6 Å². The lowest BCUT2D eigenvalue weighted by atomic mass is 10.2. The van der Waals surface area contributed by atoms with E-state index in [4.69, 9.17) is 11.6 Å². The summed E-state index contributed by atoms with van der Waals surface area (Å²) in [6.45, 7) is 0. The van der Waals surface area contributed by atoms with Crippen molar-refractivity contribution < 1.29 is 13.2 Å². The number of hydrogen-bond acceptors (Lipinski definition) is 1. The maximum Gasteiger partial charge on any atom is 0.150 e. The maximum absolute atomic E-state index is 13.9. The summed E-state index contributed by atoms with van der Waals surface area (Å²) >= 11 is 5.80. The van der Waals surface area contributed by atoms with E-state index in [1.807, 2.05) is 0 Å². The van der Waals surface area contributed by atoms with Crippen LogP contribution in [-0.2, 0) is 5.88 Å². The molecule has 102 valence electrons. The Hall–Kier alpha value is -2.01. The molecular formula is C14H8ClF3N2. The first-order valence-electron chi connectivity index (χ1n) is 5.78. The third kappa shape index (κ3) is 2.04. The number of hydrogen-bond donors (Lipinski definition) is 0. The first-order chi connectivity index (χ1) is 9.60. The van der Waals surface area contributed by atoms with Gasteiger partial charge < -0.3 is 0 Å². The summed E-state index contributed by atoms with van der Waals surface area (Å²) in [5.41, 5.74) is 0.951. The van der Waals surface area contributed by atoms with Gasteiger partial charge in [0.2, 0.25) is 0 Å². The summed E-state index contributed by atoms with van der Waals surface area (Å²) in [5, 5.41) is 0. The van der Waals surface area contributed by atoms with Crippen LogP contribution in [0.3, 0.4) is 0 Å². The SMILES string of the molecule is Fc1ccc(-n2c(CCl)nc3ccc(F)cc32)c(F)c1. The van der Waals surface area contributed by atoms with Crippen molar-refractivity contribution in [2.75, 3.05) is 0 Å². The Balaban J connectivity index is 2.36. The zero-order valence-electron chi connectivity index (χ0n) is 10.1. The van der Waals surface area contributed by atoms with Crippen molar-refractivity contribution in [3.05, 3.63) is 59.7 Å². The summed E-state index contributed by atoms with van der Waals surface area (Å²) in [7, 11) is 0. The lowest BCUT2D eigenvalue weighted by Crippen LogP contribution is -2.02. The molecule has 2 nitrogen and oxygen atoms in total. The van der Waals surface area contributed by atoms with E-state index in [1.54, 1.807) is 0 Å². The Bertz CT molecular complexity index is 798. The molecule has 0 radical (unpaired) electrons. The van der Waals surface area contributed by atoms with E-state index >= 15 is 0 Å². The summed E-state index contributed by atoms with van der Waals surface area (Å²) in [6, 6.07) is 7.14. The van der Waals surface area contributed by atoms with E-state index < -0.39 is 17.5 Å². The van der Waals surface area contributed by atoms with Crippen molar-refractivity contribution in [2.24, 2.45) is 0 Å². The number of imidazole rings is 1. The molecular weight excluding hydrogens is 289 g/mol. The highest BCUT2D eigenvalue weighted by atomic mass is 35.5. The summed E-state index contributed by atoms with van der Waals surface area (Å²) in [4.78, 5) is 4.22. The zero-order chi connectivity index (χ0) is 14.3. The first kappa shape index (κ1) is 13.0. The molecule has 0 aliphatic carbocycles. The van der Waals surface area contributed by atoms with Gasteiger partial charge in [0.25, 0.3) is 0 Å². The molecule has 3 aromatic rings. The number of halogens is 4. The molecule has 0 bridgehead atoms. The molecule has 2 aromatic carbocycles. The van der Waals surface area contributed by atoms with E-state index in [0.29, 0.717) is 16.9 Å². The van der Waals surface area contributed by atoms with Crippen molar-refractivity contribution in [3.63, 3.8) is 0 Å². The van der Waals surface area contributed by atoms with Crippen LogP contribution in [0, 0.1) is 17.5 Å². The number of aromatic nitrogens is 2. The predicted molar refractivity (Wildman–Crippen MR) is 70.5 cm³/mol. The van der Waals surface area contributed by atoms with E-state index in [2.05, 4.69) is 4.98 Å². The average Bonchev–Trinajstić information content (AvgIpc) is 2.76. The number of nitrogens with zero attached hydrogens (tertiary/aromatic N) is 2. The highest BCUT2D eigenvalue weighted by Crippen LogP contribution is 2.25. The van der Waals surface area contributed by atoms with Gasteiger partial charge in [-0.2, -0.15) is 0 Å². The van der Waals surface area contributed by atoms with Gasteiger partial charge in [-0.15, -0.1) is 11.6 Å². The molecule has 0 spiro atoms. The van der Waals surface area contributed by atoms with Gasteiger partial charge in [-0.25, -0.2) is 18.2 Å². The molecule has 20 heavy (non-hydrogen) atoms. The Morgan fingerprint density at radius 1 is 1.00 bits per heavy atom. The fourth-order valence-corrected chi connectivity index (χ4v) is 2.30. The zero-order valence-corrected chi connectivity index (χ0v) is 10.8. The topological polar surface area (TPSA) is 17.8 Å². The van der Waals surface area contributed by atoms with Crippen molar-refractivity contribution >= 4 is 22.6 Å². The third-order valence-corrected chi connectivity index (χ3v) is 3.20. The molecule has 0 N–H and O–H groups in total. The van der Waals surface area contributed by atoms with Gasteiger partial charge in [-0.05, 0) is 24.3 Å². The minimum Gasteiger partial charge on any atom is -0.292 e. The minimum absolute atomic E-state index is 0.0209. The number of rotatable bonds is 2. The second-order valence-electron chi connectivity index (χ2n) is 4.23. The second-order valence-corrected chi connectivity index (χ2v) is 4.49. The Kier molecular flexibility index (Phi) is 3.14. The molecule has 1 aromatic heterocycles. The van der Waals surface area contributed by atoms with Crippen LogP contribution < -0.4 is 0 Å². The normalized spacial score (nSPS) is 11.2. The highest BCUT2D eigenvalue weighted by molar-refractivity contribution is 6.17. The molecule has 3 rings (SSSR count).